The average molecular weight is 201 g/mol. The molecule has 0 heterocycles. The van der Waals surface area contributed by atoms with Gasteiger partial charge in [-0.3, -0.25) is 4.99 Å². The minimum Gasteiger partial charge on any atom is -0.383 e. The Morgan fingerprint density at radius 2 is 1.93 bits per heavy atom. The zero-order valence-corrected chi connectivity index (χ0v) is 9.76. The molecule has 4 heteroatoms. The number of nitrogens with zero attached hydrogens (tertiary/aromatic N) is 1. The van der Waals surface area contributed by atoms with Gasteiger partial charge in [-0.15, -0.1) is 0 Å². The quantitative estimate of drug-likeness (QED) is 0.380. The van der Waals surface area contributed by atoms with E-state index in [9.17, 15) is 0 Å². The normalized spacial score (nSPS) is 11.9. The average Bonchev–Trinajstić information content (AvgIpc) is 2.15. The number of hydrogen-bond acceptors (Lipinski definition) is 2. The van der Waals surface area contributed by atoms with Gasteiger partial charge in [0.2, 0.25) is 0 Å². The maximum absolute atomic E-state index is 4.93. The van der Waals surface area contributed by atoms with E-state index >= 15 is 0 Å². The van der Waals surface area contributed by atoms with Gasteiger partial charge >= 0.3 is 0 Å². The fourth-order valence-corrected chi connectivity index (χ4v) is 0.971. The molecule has 0 saturated heterocycles. The standard InChI is InChI=1S/C10H23N3O/c1-9(2)5-6-12-10(11-3)13-7-8-14-4/h9H,5-8H2,1-4H3,(H2,11,12,13). The van der Waals surface area contributed by atoms with Crippen LogP contribution in [0.25, 0.3) is 0 Å². The lowest BCUT2D eigenvalue weighted by molar-refractivity contribution is 0.203. The van der Waals surface area contributed by atoms with Crippen molar-refractivity contribution >= 4 is 5.96 Å². The summed E-state index contributed by atoms with van der Waals surface area (Å²) in [6, 6.07) is 0. The first-order valence-electron chi connectivity index (χ1n) is 5.14. The molecule has 0 radical (unpaired) electrons. The molecule has 2 N–H and O–H groups in total. The van der Waals surface area contributed by atoms with Crippen molar-refractivity contribution in [2.45, 2.75) is 20.3 Å². The van der Waals surface area contributed by atoms with Crippen molar-refractivity contribution in [1.29, 1.82) is 0 Å². The molecule has 0 aromatic heterocycles. The van der Waals surface area contributed by atoms with Crippen LogP contribution < -0.4 is 10.6 Å². The van der Waals surface area contributed by atoms with E-state index in [1.807, 2.05) is 0 Å². The summed E-state index contributed by atoms with van der Waals surface area (Å²) in [4.78, 5) is 4.10. The Balaban J connectivity index is 3.49. The molecule has 0 amide bonds. The van der Waals surface area contributed by atoms with Crippen LogP contribution in [0, 0.1) is 5.92 Å². The Hall–Kier alpha value is -0.770. The van der Waals surface area contributed by atoms with Crippen LogP contribution in [0.15, 0.2) is 4.99 Å². The summed E-state index contributed by atoms with van der Waals surface area (Å²) < 4.78 is 4.93. The van der Waals surface area contributed by atoms with Gasteiger partial charge in [0.15, 0.2) is 5.96 Å². The van der Waals surface area contributed by atoms with Gasteiger partial charge < -0.3 is 15.4 Å². The predicted octanol–water partition coefficient (Wildman–Crippen LogP) is 0.844. The number of aliphatic imine (C=N–C) groups is 1. The lowest BCUT2D eigenvalue weighted by Crippen LogP contribution is -2.39. The van der Waals surface area contributed by atoms with Gasteiger partial charge in [-0.2, -0.15) is 0 Å². The van der Waals surface area contributed by atoms with Gasteiger partial charge in [-0.05, 0) is 12.3 Å². The van der Waals surface area contributed by atoms with E-state index in [1.165, 1.54) is 0 Å². The summed E-state index contributed by atoms with van der Waals surface area (Å²) >= 11 is 0. The van der Waals surface area contributed by atoms with Crippen LogP contribution in [0.3, 0.4) is 0 Å². The molecular formula is C10H23N3O. The number of ether oxygens (including phenoxy) is 1. The minimum atomic E-state index is 0.699. The van der Waals surface area contributed by atoms with Crippen LogP contribution >= 0.6 is 0 Å². The number of rotatable bonds is 6. The molecule has 4 nitrogen and oxygen atoms in total. The maximum atomic E-state index is 4.93. The molecule has 0 unspecified atom stereocenters. The molecule has 0 atom stereocenters. The van der Waals surface area contributed by atoms with Crippen LogP contribution in [-0.2, 0) is 4.74 Å². The van der Waals surface area contributed by atoms with Crippen molar-refractivity contribution in [3.63, 3.8) is 0 Å². The topological polar surface area (TPSA) is 45.7 Å². The Morgan fingerprint density at radius 3 is 2.43 bits per heavy atom. The first-order valence-corrected chi connectivity index (χ1v) is 5.14. The van der Waals surface area contributed by atoms with Crippen molar-refractivity contribution in [2.24, 2.45) is 10.9 Å². The highest BCUT2D eigenvalue weighted by Crippen LogP contribution is 1.95. The van der Waals surface area contributed by atoms with Gasteiger partial charge in [0.1, 0.15) is 0 Å². The van der Waals surface area contributed by atoms with E-state index in [0.717, 1.165) is 31.4 Å². The molecule has 0 bridgehead atoms. The molecule has 0 saturated carbocycles. The summed E-state index contributed by atoms with van der Waals surface area (Å²) in [6.45, 7) is 6.87. The molecule has 14 heavy (non-hydrogen) atoms. The monoisotopic (exact) mass is 201 g/mol. The largest absolute Gasteiger partial charge is 0.383 e. The zero-order chi connectivity index (χ0) is 10.8. The van der Waals surface area contributed by atoms with E-state index in [2.05, 4.69) is 29.5 Å². The molecule has 84 valence electrons. The van der Waals surface area contributed by atoms with Crippen LogP contribution in [0.1, 0.15) is 20.3 Å². The highest BCUT2D eigenvalue weighted by molar-refractivity contribution is 5.79. The Labute approximate surface area is 87.1 Å². The minimum absolute atomic E-state index is 0.699. The maximum Gasteiger partial charge on any atom is 0.191 e. The van der Waals surface area contributed by atoms with Crippen molar-refractivity contribution in [3.05, 3.63) is 0 Å². The third kappa shape index (κ3) is 7.86. The molecule has 0 fully saturated rings. The number of guanidine groups is 1. The van der Waals surface area contributed by atoms with Gasteiger partial charge in [-0.25, -0.2) is 0 Å². The van der Waals surface area contributed by atoms with Gasteiger partial charge in [-0.1, -0.05) is 13.8 Å². The Bertz CT molecular complexity index is 157. The molecular weight excluding hydrogens is 178 g/mol. The lowest BCUT2D eigenvalue weighted by Gasteiger charge is -2.12. The molecule has 0 aliphatic heterocycles. The summed E-state index contributed by atoms with van der Waals surface area (Å²) in [5.41, 5.74) is 0. The third-order valence-corrected chi connectivity index (χ3v) is 1.84. The highest BCUT2D eigenvalue weighted by atomic mass is 16.5. The summed E-state index contributed by atoms with van der Waals surface area (Å²) in [5.74, 6) is 1.57. The van der Waals surface area contributed by atoms with Crippen molar-refractivity contribution in [2.75, 3.05) is 33.9 Å². The van der Waals surface area contributed by atoms with Crippen molar-refractivity contribution in [1.82, 2.24) is 10.6 Å². The van der Waals surface area contributed by atoms with Crippen LogP contribution in [0.2, 0.25) is 0 Å². The first-order chi connectivity index (χ1) is 6.70. The summed E-state index contributed by atoms with van der Waals surface area (Å²) in [5, 5.41) is 6.40. The second kappa shape index (κ2) is 8.81. The number of methoxy groups -OCH3 is 1. The highest BCUT2D eigenvalue weighted by Gasteiger charge is 1.97. The smallest absolute Gasteiger partial charge is 0.191 e. The van der Waals surface area contributed by atoms with E-state index in [-0.39, 0.29) is 0 Å². The van der Waals surface area contributed by atoms with E-state index in [0.29, 0.717) is 6.61 Å². The van der Waals surface area contributed by atoms with Gasteiger partial charge in [0.05, 0.1) is 6.61 Å². The Kier molecular flexibility index (Phi) is 8.33. The summed E-state index contributed by atoms with van der Waals surface area (Å²) in [7, 11) is 3.47. The first kappa shape index (κ1) is 13.2. The second-order valence-electron chi connectivity index (χ2n) is 3.60. The SMILES string of the molecule is CN=C(NCCOC)NCCC(C)C. The van der Waals surface area contributed by atoms with E-state index < -0.39 is 0 Å². The number of hydrogen-bond donors (Lipinski definition) is 2. The lowest BCUT2D eigenvalue weighted by atomic mass is 10.1. The van der Waals surface area contributed by atoms with Crippen LogP contribution in [-0.4, -0.2) is 39.8 Å². The van der Waals surface area contributed by atoms with E-state index in [4.69, 9.17) is 4.74 Å². The molecule has 0 aromatic carbocycles. The fourth-order valence-electron chi connectivity index (χ4n) is 0.971. The van der Waals surface area contributed by atoms with E-state index in [1.54, 1.807) is 14.2 Å². The molecule has 0 aliphatic rings. The number of nitrogens with one attached hydrogen (secondary N) is 2. The zero-order valence-electron chi connectivity index (χ0n) is 9.76. The van der Waals surface area contributed by atoms with Crippen molar-refractivity contribution in [3.8, 4) is 0 Å². The van der Waals surface area contributed by atoms with Crippen LogP contribution in [0.5, 0.6) is 0 Å². The van der Waals surface area contributed by atoms with Gasteiger partial charge in [0.25, 0.3) is 0 Å². The predicted molar refractivity (Wildman–Crippen MR) is 60.7 cm³/mol. The van der Waals surface area contributed by atoms with Gasteiger partial charge in [0, 0.05) is 27.2 Å². The van der Waals surface area contributed by atoms with Crippen molar-refractivity contribution < 1.29 is 4.74 Å². The molecule has 0 aromatic rings. The fraction of sp³-hybridized carbons (Fsp3) is 0.900. The van der Waals surface area contributed by atoms with Crippen LogP contribution in [0.4, 0.5) is 0 Å². The third-order valence-electron chi connectivity index (χ3n) is 1.84. The second-order valence-corrected chi connectivity index (χ2v) is 3.60. The molecule has 0 rings (SSSR count). The Morgan fingerprint density at radius 1 is 1.29 bits per heavy atom. The molecule has 0 aliphatic carbocycles. The summed E-state index contributed by atoms with van der Waals surface area (Å²) in [6.07, 6.45) is 1.16. The molecule has 0 spiro atoms.